The second-order valence-electron chi connectivity index (χ2n) is 5.80. The molecule has 1 aliphatic carbocycles. The third-order valence-corrected chi connectivity index (χ3v) is 5.15. The highest BCUT2D eigenvalue weighted by Gasteiger charge is 2.69. The van der Waals surface area contributed by atoms with E-state index in [0.29, 0.717) is 6.42 Å². The van der Waals surface area contributed by atoms with E-state index < -0.39 is 15.7 Å². The van der Waals surface area contributed by atoms with Crippen molar-refractivity contribution in [2.24, 2.45) is 5.41 Å². The monoisotopic (exact) mass is 343 g/mol. The van der Waals surface area contributed by atoms with Crippen LogP contribution >= 0.6 is 23.2 Å². The number of hydrogen-bond donors (Lipinski definition) is 1. The number of amides is 1. The summed E-state index contributed by atoms with van der Waals surface area (Å²) in [4.78, 5) is 23.9. The first-order chi connectivity index (χ1) is 10.2. The third kappa shape index (κ3) is 3.23. The van der Waals surface area contributed by atoms with Crippen molar-refractivity contribution >= 4 is 40.8 Å². The van der Waals surface area contributed by atoms with Gasteiger partial charge in [-0.3, -0.25) is 9.59 Å². The van der Waals surface area contributed by atoms with E-state index in [9.17, 15) is 9.59 Å². The second kappa shape index (κ2) is 6.09. The quantitative estimate of drug-likeness (QED) is 0.656. The minimum absolute atomic E-state index is 0.335. The van der Waals surface area contributed by atoms with Gasteiger partial charge in [0, 0.05) is 12.1 Å². The zero-order valence-electron chi connectivity index (χ0n) is 12.8. The molecule has 1 saturated carbocycles. The third-order valence-electron chi connectivity index (χ3n) is 4.05. The molecule has 0 aliphatic heterocycles. The standard InChI is InChI=1S/C16H19Cl2NO3/c1-4-11-7-5-6-10(2)13(11)19-12(20)8-22-14(21)15(3)9-16(15,17)18/h5-7H,4,8-9H2,1-3H3,(H,19,20)/t15-/m1/s1. The summed E-state index contributed by atoms with van der Waals surface area (Å²) < 4.78 is 3.94. The number of para-hydroxylation sites is 1. The first kappa shape index (κ1) is 17.1. The Balaban J connectivity index is 1.93. The molecule has 120 valence electrons. The summed E-state index contributed by atoms with van der Waals surface area (Å²) in [6, 6.07) is 5.81. The zero-order chi connectivity index (χ0) is 16.5. The summed E-state index contributed by atoms with van der Waals surface area (Å²) in [6.45, 7) is 5.21. The molecule has 0 heterocycles. The Morgan fingerprint density at radius 3 is 2.55 bits per heavy atom. The first-order valence-corrected chi connectivity index (χ1v) is 7.90. The Labute approximate surface area is 140 Å². The van der Waals surface area contributed by atoms with Crippen LogP contribution in [0, 0.1) is 12.3 Å². The molecule has 0 unspecified atom stereocenters. The minimum atomic E-state index is -1.09. The van der Waals surface area contributed by atoms with Gasteiger partial charge in [0.05, 0.1) is 0 Å². The van der Waals surface area contributed by atoms with E-state index >= 15 is 0 Å². The van der Waals surface area contributed by atoms with E-state index in [2.05, 4.69) is 5.32 Å². The number of nitrogens with one attached hydrogen (secondary N) is 1. The van der Waals surface area contributed by atoms with Crippen molar-refractivity contribution < 1.29 is 14.3 Å². The predicted octanol–water partition coefficient (Wildman–Crippen LogP) is 3.62. The lowest BCUT2D eigenvalue weighted by Gasteiger charge is -2.14. The number of esters is 1. The van der Waals surface area contributed by atoms with Gasteiger partial charge in [0.2, 0.25) is 0 Å². The van der Waals surface area contributed by atoms with Crippen LogP contribution in [0.5, 0.6) is 0 Å². The number of hydrogen-bond acceptors (Lipinski definition) is 3. The summed E-state index contributed by atoms with van der Waals surface area (Å²) in [5.41, 5.74) is 1.85. The number of anilines is 1. The molecule has 1 aromatic carbocycles. The van der Waals surface area contributed by atoms with Crippen molar-refractivity contribution in [3.05, 3.63) is 29.3 Å². The normalized spacial score (nSPS) is 22.0. The van der Waals surface area contributed by atoms with E-state index in [1.807, 2.05) is 32.0 Å². The molecule has 0 spiro atoms. The molecule has 22 heavy (non-hydrogen) atoms. The fourth-order valence-corrected chi connectivity index (χ4v) is 2.98. The van der Waals surface area contributed by atoms with Gasteiger partial charge in [-0.1, -0.05) is 25.1 Å². The number of carbonyl (C=O) groups excluding carboxylic acids is 2. The van der Waals surface area contributed by atoms with Crippen LogP contribution in [0.1, 0.15) is 31.4 Å². The number of alkyl halides is 2. The van der Waals surface area contributed by atoms with Crippen LogP contribution in [0.25, 0.3) is 0 Å². The van der Waals surface area contributed by atoms with E-state index in [1.165, 1.54) is 0 Å². The Morgan fingerprint density at radius 1 is 1.36 bits per heavy atom. The molecule has 0 bridgehead atoms. The Bertz CT molecular complexity index is 615. The molecule has 1 atom stereocenters. The van der Waals surface area contributed by atoms with E-state index in [1.54, 1.807) is 6.92 Å². The highest BCUT2D eigenvalue weighted by atomic mass is 35.5. The molecule has 0 saturated heterocycles. The van der Waals surface area contributed by atoms with Crippen molar-refractivity contribution in [2.75, 3.05) is 11.9 Å². The maximum atomic E-state index is 12.0. The van der Waals surface area contributed by atoms with Crippen LogP contribution in [0.4, 0.5) is 5.69 Å². The topological polar surface area (TPSA) is 55.4 Å². The molecule has 1 aromatic rings. The van der Waals surface area contributed by atoms with E-state index in [0.717, 1.165) is 23.2 Å². The Hall–Kier alpha value is -1.26. The molecule has 1 N–H and O–H groups in total. The smallest absolute Gasteiger partial charge is 0.315 e. The molecule has 1 amide bonds. The Morgan fingerprint density at radius 2 is 2.00 bits per heavy atom. The van der Waals surface area contributed by atoms with Gasteiger partial charge in [-0.25, -0.2) is 0 Å². The fourth-order valence-electron chi connectivity index (χ4n) is 2.29. The number of ether oxygens (including phenoxy) is 1. The molecular weight excluding hydrogens is 325 g/mol. The summed E-state index contributed by atoms with van der Waals surface area (Å²) in [7, 11) is 0. The van der Waals surface area contributed by atoms with Crippen molar-refractivity contribution in [1.82, 2.24) is 0 Å². The summed E-state index contributed by atoms with van der Waals surface area (Å²) in [5, 5.41) is 2.80. The zero-order valence-corrected chi connectivity index (χ0v) is 14.3. The first-order valence-electron chi connectivity index (χ1n) is 7.14. The summed E-state index contributed by atoms with van der Waals surface area (Å²) in [5.74, 6) is -0.926. The molecule has 6 heteroatoms. The summed E-state index contributed by atoms with van der Waals surface area (Å²) in [6.07, 6.45) is 1.14. The SMILES string of the molecule is CCc1cccc(C)c1NC(=O)COC(=O)[C@@]1(C)CC1(Cl)Cl. The summed E-state index contributed by atoms with van der Waals surface area (Å²) >= 11 is 11.8. The highest BCUT2D eigenvalue weighted by Crippen LogP contribution is 2.64. The van der Waals surface area contributed by atoms with Crippen LogP contribution in [0.3, 0.4) is 0 Å². The average Bonchev–Trinajstić information content (AvgIpc) is 2.98. The second-order valence-corrected chi connectivity index (χ2v) is 7.28. The largest absolute Gasteiger partial charge is 0.455 e. The van der Waals surface area contributed by atoms with E-state index in [-0.39, 0.29) is 12.5 Å². The van der Waals surface area contributed by atoms with Gasteiger partial charge >= 0.3 is 5.97 Å². The van der Waals surface area contributed by atoms with Crippen LogP contribution < -0.4 is 5.32 Å². The van der Waals surface area contributed by atoms with E-state index in [4.69, 9.17) is 27.9 Å². The number of carbonyl (C=O) groups is 2. The van der Waals surface area contributed by atoms with Crippen molar-refractivity contribution in [3.8, 4) is 0 Å². The van der Waals surface area contributed by atoms with Crippen LogP contribution in [0.2, 0.25) is 0 Å². The minimum Gasteiger partial charge on any atom is -0.455 e. The number of aryl methyl sites for hydroxylation is 2. The number of halogens is 2. The maximum Gasteiger partial charge on any atom is 0.315 e. The number of benzene rings is 1. The van der Waals surface area contributed by atoms with Crippen LogP contribution in [-0.4, -0.2) is 22.8 Å². The molecule has 2 rings (SSSR count). The lowest BCUT2D eigenvalue weighted by molar-refractivity contribution is -0.152. The molecule has 4 nitrogen and oxygen atoms in total. The molecular formula is C16H19Cl2NO3. The van der Waals surface area contributed by atoms with Crippen LogP contribution in [-0.2, 0) is 20.7 Å². The fraction of sp³-hybridized carbons (Fsp3) is 0.500. The maximum absolute atomic E-state index is 12.0. The van der Waals surface area contributed by atoms with Gasteiger partial charge in [0.25, 0.3) is 5.91 Å². The van der Waals surface area contributed by atoms with Gasteiger partial charge in [-0.15, -0.1) is 23.2 Å². The van der Waals surface area contributed by atoms with Gasteiger partial charge in [0.15, 0.2) is 6.61 Å². The van der Waals surface area contributed by atoms with Crippen LogP contribution in [0.15, 0.2) is 18.2 Å². The van der Waals surface area contributed by atoms with Gasteiger partial charge in [-0.05, 0) is 31.4 Å². The lowest BCUT2D eigenvalue weighted by atomic mass is 10.1. The Kier molecular flexibility index (Phi) is 4.73. The molecule has 0 radical (unpaired) electrons. The molecule has 1 aliphatic rings. The number of rotatable bonds is 5. The van der Waals surface area contributed by atoms with Gasteiger partial charge < -0.3 is 10.1 Å². The van der Waals surface area contributed by atoms with Gasteiger partial charge in [0.1, 0.15) is 9.75 Å². The molecule has 1 fully saturated rings. The van der Waals surface area contributed by atoms with Crippen molar-refractivity contribution in [1.29, 1.82) is 0 Å². The van der Waals surface area contributed by atoms with Gasteiger partial charge in [-0.2, -0.15) is 0 Å². The van der Waals surface area contributed by atoms with Crippen molar-refractivity contribution in [3.63, 3.8) is 0 Å². The average molecular weight is 344 g/mol. The lowest BCUT2D eigenvalue weighted by Crippen LogP contribution is -2.27. The molecule has 0 aromatic heterocycles. The predicted molar refractivity (Wildman–Crippen MR) is 87.3 cm³/mol. The van der Waals surface area contributed by atoms with Crippen molar-refractivity contribution in [2.45, 2.75) is 37.9 Å². The highest BCUT2D eigenvalue weighted by molar-refractivity contribution is 6.53.